The highest BCUT2D eigenvalue weighted by molar-refractivity contribution is 5.98. The summed E-state index contributed by atoms with van der Waals surface area (Å²) in [5.74, 6) is -0.401. The summed E-state index contributed by atoms with van der Waals surface area (Å²) in [4.78, 5) is 25.5. The number of rotatable bonds is 5. The van der Waals surface area contributed by atoms with Crippen molar-refractivity contribution in [2.45, 2.75) is 20.3 Å². The largest absolute Gasteiger partial charge is 0.345 e. The van der Waals surface area contributed by atoms with Gasteiger partial charge >= 0.3 is 0 Å². The number of hydrogen-bond acceptors (Lipinski definition) is 3. The third-order valence-corrected chi connectivity index (χ3v) is 3.30. The molecular formula is C15H23N3O2. The van der Waals surface area contributed by atoms with Gasteiger partial charge in [-0.15, -0.1) is 0 Å². The van der Waals surface area contributed by atoms with Gasteiger partial charge in [-0.05, 0) is 31.0 Å². The number of hydrogen-bond donors (Lipinski definition) is 2. The molecule has 0 aliphatic heterocycles. The second-order valence-corrected chi connectivity index (χ2v) is 5.06. The monoisotopic (exact) mass is 277 g/mol. The molecule has 0 aliphatic carbocycles. The van der Waals surface area contributed by atoms with Crippen LogP contribution in [0.4, 0.5) is 5.69 Å². The van der Waals surface area contributed by atoms with Crippen molar-refractivity contribution in [3.63, 3.8) is 0 Å². The maximum absolute atomic E-state index is 12.1. The maximum atomic E-state index is 12.1. The van der Waals surface area contributed by atoms with E-state index in [-0.39, 0.29) is 17.7 Å². The van der Waals surface area contributed by atoms with Gasteiger partial charge in [0.15, 0.2) is 0 Å². The first kappa shape index (κ1) is 16.2. The molecule has 0 saturated heterocycles. The van der Waals surface area contributed by atoms with E-state index >= 15 is 0 Å². The van der Waals surface area contributed by atoms with Crippen LogP contribution in [0.2, 0.25) is 0 Å². The number of carbonyl (C=O) groups excluding carboxylic acids is 2. The molecule has 1 aromatic carbocycles. The Bertz CT molecular complexity index is 494. The van der Waals surface area contributed by atoms with Crippen LogP contribution < -0.4 is 11.1 Å². The Kier molecular flexibility index (Phi) is 5.70. The first-order valence-corrected chi connectivity index (χ1v) is 6.73. The van der Waals surface area contributed by atoms with Gasteiger partial charge in [-0.1, -0.05) is 13.0 Å². The molecule has 0 radical (unpaired) electrons. The van der Waals surface area contributed by atoms with Gasteiger partial charge in [0.05, 0.1) is 5.92 Å². The molecule has 20 heavy (non-hydrogen) atoms. The molecule has 3 N–H and O–H groups in total. The summed E-state index contributed by atoms with van der Waals surface area (Å²) in [6.45, 7) is 4.14. The van der Waals surface area contributed by atoms with Crippen LogP contribution in [0.25, 0.3) is 0 Å². The van der Waals surface area contributed by atoms with E-state index in [1.165, 1.54) is 4.90 Å². The summed E-state index contributed by atoms with van der Waals surface area (Å²) in [5, 5.41) is 2.86. The summed E-state index contributed by atoms with van der Waals surface area (Å²) in [5.41, 5.74) is 7.70. The summed E-state index contributed by atoms with van der Waals surface area (Å²) in [7, 11) is 3.39. The van der Waals surface area contributed by atoms with E-state index in [0.717, 1.165) is 5.56 Å². The number of nitrogens with two attached hydrogens (primary N) is 1. The van der Waals surface area contributed by atoms with Crippen molar-refractivity contribution >= 4 is 17.5 Å². The zero-order valence-electron chi connectivity index (χ0n) is 12.6. The fraction of sp³-hybridized carbons (Fsp3) is 0.467. The second-order valence-electron chi connectivity index (χ2n) is 5.06. The number of nitrogens with one attached hydrogen (secondary N) is 1. The zero-order valence-corrected chi connectivity index (χ0v) is 12.6. The van der Waals surface area contributed by atoms with Gasteiger partial charge in [0.1, 0.15) is 0 Å². The van der Waals surface area contributed by atoms with Gasteiger partial charge in [-0.3, -0.25) is 9.59 Å². The predicted octanol–water partition coefficient (Wildman–Crippen LogP) is 1.62. The van der Waals surface area contributed by atoms with Crippen LogP contribution in [0, 0.1) is 12.8 Å². The van der Waals surface area contributed by atoms with Crippen LogP contribution in [-0.4, -0.2) is 37.4 Å². The number of nitrogens with zero attached hydrogens (tertiary/aromatic N) is 1. The number of carbonyl (C=O) groups is 2. The minimum Gasteiger partial charge on any atom is -0.345 e. The van der Waals surface area contributed by atoms with Gasteiger partial charge < -0.3 is 16.0 Å². The molecule has 5 nitrogen and oxygen atoms in total. The van der Waals surface area contributed by atoms with E-state index in [1.54, 1.807) is 26.2 Å². The lowest BCUT2D eigenvalue weighted by molar-refractivity contribution is -0.119. The molecule has 110 valence electrons. The third kappa shape index (κ3) is 3.81. The highest BCUT2D eigenvalue weighted by atomic mass is 16.2. The van der Waals surface area contributed by atoms with Gasteiger partial charge in [0.25, 0.3) is 5.91 Å². The number of benzene rings is 1. The Labute approximate surface area is 120 Å². The summed E-state index contributed by atoms with van der Waals surface area (Å²) >= 11 is 0. The highest BCUT2D eigenvalue weighted by Crippen LogP contribution is 2.19. The lowest BCUT2D eigenvalue weighted by Crippen LogP contribution is -2.29. The molecule has 0 saturated carbocycles. The number of amides is 2. The summed E-state index contributed by atoms with van der Waals surface area (Å²) in [6, 6.07) is 5.29. The smallest absolute Gasteiger partial charge is 0.253 e. The van der Waals surface area contributed by atoms with Gasteiger partial charge in [-0.25, -0.2) is 0 Å². The maximum Gasteiger partial charge on any atom is 0.253 e. The van der Waals surface area contributed by atoms with Crippen molar-refractivity contribution in [2.24, 2.45) is 11.7 Å². The van der Waals surface area contributed by atoms with E-state index in [9.17, 15) is 9.59 Å². The first-order chi connectivity index (χ1) is 9.40. The number of anilines is 1. The standard InChI is InChI=1S/C15H23N3O2/c1-5-11(9-16)14(19)17-13-8-12(7-6-10(13)2)15(20)18(3)4/h6-8,11H,5,9,16H2,1-4H3,(H,17,19). The number of aryl methyl sites for hydroxylation is 1. The molecule has 1 aromatic rings. The molecule has 0 spiro atoms. The predicted molar refractivity (Wildman–Crippen MR) is 80.7 cm³/mol. The van der Waals surface area contributed by atoms with E-state index in [0.29, 0.717) is 24.2 Å². The van der Waals surface area contributed by atoms with Crippen molar-refractivity contribution < 1.29 is 9.59 Å². The van der Waals surface area contributed by atoms with Crippen molar-refractivity contribution in [3.05, 3.63) is 29.3 Å². The molecule has 1 rings (SSSR count). The third-order valence-electron chi connectivity index (χ3n) is 3.30. The van der Waals surface area contributed by atoms with E-state index in [2.05, 4.69) is 5.32 Å². The molecular weight excluding hydrogens is 254 g/mol. The molecule has 1 unspecified atom stereocenters. The van der Waals surface area contributed by atoms with E-state index < -0.39 is 0 Å². The Morgan fingerprint density at radius 2 is 2.00 bits per heavy atom. The molecule has 0 aliphatic rings. The van der Waals surface area contributed by atoms with Crippen molar-refractivity contribution in [1.29, 1.82) is 0 Å². The van der Waals surface area contributed by atoms with Gasteiger partial charge in [0, 0.05) is 31.9 Å². The zero-order chi connectivity index (χ0) is 15.3. The Hall–Kier alpha value is -1.88. The minimum atomic E-state index is -0.206. The quantitative estimate of drug-likeness (QED) is 0.858. The molecule has 0 fully saturated rings. The van der Waals surface area contributed by atoms with Gasteiger partial charge in [0.2, 0.25) is 5.91 Å². The van der Waals surface area contributed by atoms with Crippen molar-refractivity contribution in [1.82, 2.24) is 4.90 Å². The summed E-state index contributed by atoms with van der Waals surface area (Å²) in [6.07, 6.45) is 0.692. The van der Waals surface area contributed by atoms with E-state index in [4.69, 9.17) is 5.73 Å². The second kappa shape index (κ2) is 7.05. The van der Waals surface area contributed by atoms with Crippen LogP contribution in [0.15, 0.2) is 18.2 Å². The highest BCUT2D eigenvalue weighted by Gasteiger charge is 2.16. The molecule has 0 aromatic heterocycles. The Morgan fingerprint density at radius 3 is 2.50 bits per heavy atom. The average Bonchev–Trinajstić information content (AvgIpc) is 2.41. The van der Waals surface area contributed by atoms with Crippen LogP contribution in [-0.2, 0) is 4.79 Å². The molecule has 5 heteroatoms. The molecule has 0 heterocycles. The van der Waals surface area contributed by atoms with Crippen LogP contribution in [0.1, 0.15) is 29.3 Å². The Balaban J connectivity index is 2.98. The molecule has 2 amide bonds. The fourth-order valence-electron chi connectivity index (χ4n) is 1.84. The summed E-state index contributed by atoms with van der Waals surface area (Å²) < 4.78 is 0. The fourth-order valence-corrected chi connectivity index (χ4v) is 1.84. The lowest BCUT2D eigenvalue weighted by Gasteiger charge is -2.16. The lowest BCUT2D eigenvalue weighted by atomic mass is 10.0. The molecule has 0 bridgehead atoms. The Morgan fingerprint density at radius 1 is 1.35 bits per heavy atom. The van der Waals surface area contributed by atoms with Gasteiger partial charge in [-0.2, -0.15) is 0 Å². The van der Waals surface area contributed by atoms with E-state index in [1.807, 2.05) is 19.9 Å². The minimum absolute atomic E-state index is 0.0913. The molecule has 1 atom stereocenters. The van der Waals surface area contributed by atoms with Crippen LogP contribution >= 0.6 is 0 Å². The normalized spacial score (nSPS) is 11.8. The average molecular weight is 277 g/mol. The van der Waals surface area contributed by atoms with Crippen molar-refractivity contribution in [3.8, 4) is 0 Å². The van der Waals surface area contributed by atoms with Crippen LogP contribution in [0.3, 0.4) is 0 Å². The van der Waals surface area contributed by atoms with Crippen molar-refractivity contribution in [2.75, 3.05) is 26.0 Å². The first-order valence-electron chi connectivity index (χ1n) is 6.73. The topological polar surface area (TPSA) is 75.4 Å². The SMILES string of the molecule is CCC(CN)C(=O)Nc1cc(C(=O)N(C)C)ccc1C. The van der Waals surface area contributed by atoms with Crippen LogP contribution in [0.5, 0.6) is 0 Å².